The minimum Gasteiger partial charge on any atom is -0.384 e. The predicted molar refractivity (Wildman–Crippen MR) is 85.6 cm³/mol. The number of benzene rings is 2. The first-order chi connectivity index (χ1) is 10.0. The van der Waals surface area contributed by atoms with Crippen molar-refractivity contribution < 1.29 is 8.42 Å². The minimum absolute atomic E-state index is 0.0566. The van der Waals surface area contributed by atoms with E-state index in [4.69, 9.17) is 11.6 Å². The van der Waals surface area contributed by atoms with Crippen LogP contribution in [0.5, 0.6) is 0 Å². The second-order valence-corrected chi connectivity index (χ2v) is 7.82. The molecule has 1 aliphatic heterocycles. The standard InChI is InChI=1S/C16H16ClNO2S/c17-14-6-7-16-13(9-14)8-12(10-18-16)11-21(19,20)15-4-2-1-3-5-15/h1-7,9,12,18H,8,10-11H2. The van der Waals surface area contributed by atoms with E-state index in [0.717, 1.165) is 17.7 Å². The maximum absolute atomic E-state index is 12.4. The fourth-order valence-corrected chi connectivity index (χ4v) is 4.51. The van der Waals surface area contributed by atoms with Crippen LogP contribution in [-0.2, 0) is 16.3 Å². The lowest BCUT2D eigenvalue weighted by molar-refractivity contribution is 0.553. The van der Waals surface area contributed by atoms with Crippen LogP contribution in [0.15, 0.2) is 53.4 Å². The lowest BCUT2D eigenvalue weighted by Gasteiger charge is -2.26. The molecule has 1 heterocycles. The Balaban J connectivity index is 1.78. The van der Waals surface area contributed by atoms with E-state index in [1.165, 1.54) is 0 Å². The highest BCUT2D eigenvalue weighted by molar-refractivity contribution is 7.91. The molecule has 110 valence electrons. The van der Waals surface area contributed by atoms with Crippen LogP contribution in [-0.4, -0.2) is 20.7 Å². The maximum atomic E-state index is 12.4. The molecule has 0 bridgehead atoms. The summed E-state index contributed by atoms with van der Waals surface area (Å²) in [6.07, 6.45) is 0.731. The van der Waals surface area contributed by atoms with E-state index in [-0.39, 0.29) is 11.7 Å². The monoisotopic (exact) mass is 321 g/mol. The van der Waals surface area contributed by atoms with Gasteiger partial charge in [-0.2, -0.15) is 0 Å². The largest absolute Gasteiger partial charge is 0.384 e. The molecule has 3 nitrogen and oxygen atoms in total. The molecule has 0 fully saturated rings. The van der Waals surface area contributed by atoms with Gasteiger partial charge in [0.2, 0.25) is 0 Å². The van der Waals surface area contributed by atoms with Gasteiger partial charge >= 0.3 is 0 Å². The van der Waals surface area contributed by atoms with Gasteiger partial charge in [-0.3, -0.25) is 0 Å². The quantitative estimate of drug-likeness (QED) is 0.942. The van der Waals surface area contributed by atoms with Gasteiger partial charge < -0.3 is 5.32 Å². The second kappa shape index (κ2) is 5.70. The minimum atomic E-state index is -3.25. The molecular weight excluding hydrogens is 306 g/mol. The average molecular weight is 322 g/mol. The van der Waals surface area contributed by atoms with Gasteiger partial charge in [-0.1, -0.05) is 29.8 Å². The lowest BCUT2D eigenvalue weighted by Crippen LogP contribution is -2.29. The third kappa shape index (κ3) is 3.22. The molecule has 0 saturated heterocycles. The van der Waals surface area contributed by atoms with Crippen molar-refractivity contribution >= 4 is 27.1 Å². The lowest BCUT2D eigenvalue weighted by atomic mass is 9.95. The zero-order valence-electron chi connectivity index (χ0n) is 11.4. The normalized spacial score (nSPS) is 17.9. The van der Waals surface area contributed by atoms with E-state index in [1.807, 2.05) is 24.3 Å². The van der Waals surface area contributed by atoms with E-state index in [0.29, 0.717) is 16.5 Å². The smallest absolute Gasteiger partial charge is 0.178 e. The van der Waals surface area contributed by atoms with Gasteiger partial charge in [0.15, 0.2) is 9.84 Å². The van der Waals surface area contributed by atoms with Crippen LogP contribution >= 0.6 is 11.6 Å². The summed E-state index contributed by atoms with van der Waals surface area (Å²) in [7, 11) is -3.25. The van der Waals surface area contributed by atoms with Crippen LogP contribution < -0.4 is 5.32 Å². The number of hydrogen-bond donors (Lipinski definition) is 1. The number of rotatable bonds is 3. The Bertz CT molecular complexity index is 744. The summed E-state index contributed by atoms with van der Waals surface area (Å²) in [5, 5.41) is 3.97. The van der Waals surface area contributed by atoms with Gasteiger partial charge in [0, 0.05) is 17.3 Å². The number of anilines is 1. The Morgan fingerprint density at radius 3 is 2.67 bits per heavy atom. The topological polar surface area (TPSA) is 46.2 Å². The second-order valence-electron chi connectivity index (χ2n) is 5.35. The first kappa shape index (κ1) is 14.4. The van der Waals surface area contributed by atoms with Crippen molar-refractivity contribution in [2.24, 2.45) is 5.92 Å². The summed E-state index contributed by atoms with van der Waals surface area (Å²) >= 11 is 6.01. The molecule has 2 aromatic carbocycles. The molecular formula is C16H16ClNO2S. The summed E-state index contributed by atoms with van der Waals surface area (Å²) < 4.78 is 24.9. The van der Waals surface area contributed by atoms with Crippen molar-refractivity contribution in [2.75, 3.05) is 17.6 Å². The van der Waals surface area contributed by atoms with Crippen LogP contribution in [0.2, 0.25) is 5.02 Å². The van der Waals surface area contributed by atoms with Crippen LogP contribution in [0, 0.1) is 5.92 Å². The number of sulfone groups is 1. The van der Waals surface area contributed by atoms with Crippen molar-refractivity contribution in [3.05, 3.63) is 59.1 Å². The van der Waals surface area contributed by atoms with Gasteiger partial charge in [0.25, 0.3) is 0 Å². The molecule has 0 aromatic heterocycles. The highest BCUT2D eigenvalue weighted by Crippen LogP contribution is 2.29. The number of nitrogens with one attached hydrogen (secondary N) is 1. The Kier molecular flexibility index (Phi) is 3.91. The third-order valence-electron chi connectivity index (χ3n) is 3.71. The molecule has 0 saturated carbocycles. The molecule has 1 aliphatic rings. The Hall–Kier alpha value is -1.52. The van der Waals surface area contributed by atoms with Gasteiger partial charge in [-0.05, 0) is 48.2 Å². The number of fused-ring (bicyclic) bond motifs is 1. The SMILES string of the molecule is O=S(=O)(CC1CNc2ccc(Cl)cc2C1)c1ccccc1. The van der Waals surface area contributed by atoms with Crippen LogP contribution in [0.4, 0.5) is 5.69 Å². The first-order valence-corrected chi connectivity index (χ1v) is 8.88. The van der Waals surface area contributed by atoms with Crippen molar-refractivity contribution in [3.63, 3.8) is 0 Å². The third-order valence-corrected chi connectivity index (χ3v) is 5.85. The van der Waals surface area contributed by atoms with Gasteiger partial charge in [0.05, 0.1) is 10.6 Å². The Morgan fingerprint density at radius 2 is 1.90 bits per heavy atom. The van der Waals surface area contributed by atoms with E-state index >= 15 is 0 Å². The summed E-state index contributed by atoms with van der Waals surface area (Å²) in [6.45, 7) is 0.667. The van der Waals surface area contributed by atoms with E-state index in [2.05, 4.69) is 5.32 Å². The molecule has 1 atom stereocenters. The zero-order chi connectivity index (χ0) is 14.9. The highest BCUT2D eigenvalue weighted by Gasteiger charge is 2.25. The molecule has 0 amide bonds. The Labute approximate surface area is 129 Å². The number of hydrogen-bond acceptors (Lipinski definition) is 3. The molecule has 3 rings (SSSR count). The summed E-state index contributed by atoms with van der Waals surface area (Å²) in [5.74, 6) is 0.205. The van der Waals surface area contributed by atoms with E-state index < -0.39 is 9.84 Å². The summed E-state index contributed by atoms with van der Waals surface area (Å²) in [6, 6.07) is 14.3. The first-order valence-electron chi connectivity index (χ1n) is 6.85. The van der Waals surface area contributed by atoms with Crippen molar-refractivity contribution in [1.82, 2.24) is 0 Å². The average Bonchev–Trinajstić information content (AvgIpc) is 2.47. The summed E-state index contributed by atoms with van der Waals surface area (Å²) in [5.41, 5.74) is 2.13. The van der Waals surface area contributed by atoms with Crippen molar-refractivity contribution in [1.29, 1.82) is 0 Å². The molecule has 0 spiro atoms. The molecule has 21 heavy (non-hydrogen) atoms. The van der Waals surface area contributed by atoms with Crippen LogP contribution in [0.1, 0.15) is 5.56 Å². The van der Waals surface area contributed by atoms with Crippen LogP contribution in [0.25, 0.3) is 0 Å². The predicted octanol–water partition coefficient (Wildman–Crippen LogP) is 3.40. The van der Waals surface area contributed by atoms with Gasteiger partial charge in [0.1, 0.15) is 0 Å². The fraction of sp³-hybridized carbons (Fsp3) is 0.250. The van der Waals surface area contributed by atoms with Gasteiger partial charge in [-0.15, -0.1) is 0 Å². The van der Waals surface area contributed by atoms with E-state index in [1.54, 1.807) is 24.3 Å². The molecule has 0 radical (unpaired) electrons. The highest BCUT2D eigenvalue weighted by atomic mass is 35.5. The van der Waals surface area contributed by atoms with E-state index in [9.17, 15) is 8.42 Å². The maximum Gasteiger partial charge on any atom is 0.178 e. The fourth-order valence-electron chi connectivity index (χ4n) is 2.69. The zero-order valence-corrected chi connectivity index (χ0v) is 13.0. The molecule has 0 aliphatic carbocycles. The molecule has 1 unspecified atom stereocenters. The van der Waals surface area contributed by atoms with Gasteiger partial charge in [-0.25, -0.2) is 8.42 Å². The molecule has 2 aromatic rings. The van der Waals surface area contributed by atoms with Crippen LogP contribution in [0.3, 0.4) is 0 Å². The van der Waals surface area contributed by atoms with Crippen molar-refractivity contribution in [2.45, 2.75) is 11.3 Å². The Morgan fingerprint density at radius 1 is 1.14 bits per heavy atom. The molecule has 5 heteroatoms. The summed E-state index contributed by atoms with van der Waals surface area (Å²) in [4.78, 5) is 0.391. The number of halogens is 1. The van der Waals surface area contributed by atoms with Crippen molar-refractivity contribution in [3.8, 4) is 0 Å². The molecule has 1 N–H and O–H groups in total.